The number of halogens is 1. The Morgan fingerprint density at radius 3 is 2.30 bits per heavy atom. The molecule has 3 aromatic rings. The number of aliphatic carboxylic acids is 1. The topological polar surface area (TPSA) is 99.5 Å². The van der Waals surface area contributed by atoms with Crippen molar-refractivity contribution < 1.29 is 24.2 Å². The van der Waals surface area contributed by atoms with E-state index in [9.17, 15) is 14.3 Å². The quantitative estimate of drug-likeness (QED) is 0.506. The van der Waals surface area contributed by atoms with Gasteiger partial charge in [-0.1, -0.05) is 30.3 Å². The van der Waals surface area contributed by atoms with Crippen molar-refractivity contribution in [2.75, 3.05) is 12.4 Å². The number of hydrogen-bond acceptors (Lipinski definition) is 5. The summed E-state index contributed by atoms with van der Waals surface area (Å²) in [6.45, 7) is 1.64. The highest BCUT2D eigenvalue weighted by molar-refractivity contribution is 7.10. The lowest BCUT2D eigenvalue weighted by Gasteiger charge is -2.11. The summed E-state index contributed by atoms with van der Waals surface area (Å²) in [5, 5.41) is 19.4. The van der Waals surface area contributed by atoms with E-state index in [1.165, 1.54) is 17.6 Å². The van der Waals surface area contributed by atoms with Gasteiger partial charge in [0.05, 0.1) is 21.7 Å². The molecule has 6 nitrogen and oxygen atoms in total. The van der Waals surface area contributed by atoms with Crippen LogP contribution in [0.4, 0.5) is 10.1 Å². The maximum atomic E-state index is 14.8. The molecule has 0 unspecified atom stereocenters. The van der Waals surface area contributed by atoms with Crippen LogP contribution in [0.2, 0.25) is 0 Å². The molecule has 4 rings (SSSR count). The van der Waals surface area contributed by atoms with Crippen molar-refractivity contribution in [1.82, 2.24) is 4.37 Å². The normalized spacial score (nSPS) is 13.7. The van der Waals surface area contributed by atoms with Gasteiger partial charge in [-0.15, -0.1) is 0 Å². The molecule has 3 N–H and O–H groups in total. The zero-order valence-electron chi connectivity index (χ0n) is 16.5. The maximum absolute atomic E-state index is 14.8. The number of anilines is 1. The van der Waals surface area contributed by atoms with E-state index in [2.05, 4.69) is 9.69 Å². The van der Waals surface area contributed by atoms with Crippen molar-refractivity contribution in [1.29, 1.82) is 0 Å². The van der Waals surface area contributed by atoms with E-state index in [0.717, 1.165) is 32.9 Å². The number of aromatic nitrogens is 1. The molecule has 1 aromatic heterocycles. The van der Waals surface area contributed by atoms with Crippen LogP contribution in [0.1, 0.15) is 24.1 Å². The molecule has 8 heteroatoms. The fourth-order valence-electron chi connectivity index (χ4n) is 3.46. The van der Waals surface area contributed by atoms with Crippen molar-refractivity contribution in [2.24, 2.45) is 0 Å². The van der Waals surface area contributed by atoms with Crippen molar-refractivity contribution in [3.8, 4) is 21.6 Å². The van der Waals surface area contributed by atoms with Crippen LogP contribution < -0.4 is 5.32 Å². The summed E-state index contributed by atoms with van der Waals surface area (Å²) in [6, 6.07) is 12.6. The second kappa shape index (κ2) is 8.62. The standard InChI is InChI=1S/C21H19FN2O2S.CH2O2/c1-12-18(23-2)19(27-24-12)16-8-5-14(11-17(16)22)13-3-6-15(7-4-13)21(9-10-21)20(25)26;2-1-3/h3-8,11,23H,9-10H2,1-2H3,(H,25,26);1H,(H,2,3). The van der Waals surface area contributed by atoms with E-state index in [1.807, 2.05) is 37.3 Å². The second-order valence-electron chi connectivity index (χ2n) is 6.99. The lowest BCUT2D eigenvalue weighted by atomic mass is 9.93. The first kappa shape index (κ1) is 21.4. The Morgan fingerprint density at radius 2 is 1.80 bits per heavy atom. The van der Waals surface area contributed by atoms with Crippen LogP contribution in [0.25, 0.3) is 21.6 Å². The van der Waals surface area contributed by atoms with Crippen LogP contribution in [0.3, 0.4) is 0 Å². The van der Waals surface area contributed by atoms with Gasteiger partial charge in [0.1, 0.15) is 5.82 Å². The van der Waals surface area contributed by atoms with Gasteiger partial charge in [0.15, 0.2) is 0 Å². The number of aryl methyl sites for hydroxylation is 1. The van der Waals surface area contributed by atoms with Gasteiger partial charge in [-0.3, -0.25) is 9.59 Å². The van der Waals surface area contributed by atoms with Crippen LogP contribution in [0, 0.1) is 12.7 Å². The minimum absolute atomic E-state index is 0.250. The Labute approximate surface area is 177 Å². The Bertz CT molecular complexity index is 1080. The largest absolute Gasteiger partial charge is 0.483 e. The third-order valence-corrected chi connectivity index (χ3v) is 6.23. The van der Waals surface area contributed by atoms with Crippen LogP contribution >= 0.6 is 11.5 Å². The molecular formula is C22H21FN2O4S. The number of carbonyl (C=O) groups is 2. The Hall–Kier alpha value is -3.26. The van der Waals surface area contributed by atoms with E-state index >= 15 is 0 Å². The van der Waals surface area contributed by atoms with Crippen molar-refractivity contribution in [3.63, 3.8) is 0 Å². The number of rotatable bonds is 5. The first-order valence-corrected chi connectivity index (χ1v) is 10.0. The predicted molar refractivity (Wildman–Crippen MR) is 114 cm³/mol. The van der Waals surface area contributed by atoms with Crippen molar-refractivity contribution in [2.45, 2.75) is 25.2 Å². The SMILES string of the molecule is CNc1c(C)nsc1-c1ccc(-c2ccc(C3(C(=O)O)CC3)cc2)cc1F.O=CO. The lowest BCUT2D eigenvalue weighted by molar-refractivity contribution is -0.140. The number of nitrogens with zero attached hydrogens (tertiary/aromatic N) is 1. The smallest absolute Gasteiger partial charge is 0.314 e. The van der Waals surface area contributed by atoms with Gasteiger partial charge in [-0.2, -0.15) is 4.37 Å². The van der Waals surface area contributed by atoms with Gasteiger partial charge in [-0.05, 0) is 60.1 Å². The van der Waals surface area contributed by atoms with Crippen LogP contribution in [-0.2, 0) is 15.0 Å². The molecule has 0 amide bonds. The fourth-order valence-corrected chi connectivity index (χ4v) is 4.38. The molecule has 1 aliphatic carbocycles. The third kappa shape index (κ3) is 3.91. The first-order chi connectivity index (χ1) is 14.4. The zero-order chi connectivity index (χ0) is 21.9. The van der Waals surface area contributed by atoms with Crippen molar-refractivity contribution >= 4 is 29.7 Å². The molecule has 1 heterocycles. The molecule has 1 aliphatic rings. The average Bonchev–Trinajstić information content (AvgIpc) is 3.47. The number of carboxylic acid groups (broad SMARTS) is 2. The van der Waals surface area contributed by atoms with Crippen LogP contribution in [0.15, 0.2) is 42.5 Å². The minimum atomic E-state index is -0.772. The molecule has 30 heavy (non-hydrogen) atoms. The van der Waals surface area contributed by atoms with E-state index in [-0.39, 0.29) is 12.3 Å². The summed E-state index contributed by atoms with van der Waals surface area (Å²) in [6.07, 6.45) is 1.35. The summed E-state index contributed by atoms with van der Waals surface area (Å²) >= 11 is 1.28. The van der Waals surface area contributed by atoms with Crippen LogP contribution in [-0.4, -0.2) is 34.1 Å². The highest BCUT2D eigenvalue weighted by Crippen LogP contribution is 2.48. The number of carboxylic acids is 1. The van der Waals surface area contributed by atoms with E-state index in [0.29, 0.717) is 18.4 Å². The van der Waals surface area contributed by atoms with Gasteiger partial charge in [-0.25, -0.2) is 4.39 Å². The maximum Gasteiger partial charge on any atom is 0.314 e. The van der Waals surface area contributed by atoms with Gasteiger partial charge < -0.3 is 15.5 Å². The summed E-state index contributed by atoms with van der Waals surface area (Å²) < 4.78 is 19.1. The fraction of sp³-hybridized carbons (Fsp3) is 0.227. The minimum Gasteiger partial charge on any atom is -0.483 e. The molecule has 0 bridgehead atoms. The number of hydrogen-bond donors (Lipinski definition) is 3. The van der Waals surface area contributed by atoms with Gasteiger partial charge in [0.2, 0.25) is 0 Å². The van der Waals surface area contributed by atoms with E-state index < -0.39 is 11.4 Å². The molecule has 0 aliphatic heterocycles. The zero-order valence-corrected chi connectivity index (χ0v) is 17.3. The molecule has 0 radical (unpaired) electrons. The third-order valence-electron chi connectivity index (χ3n) is 5.26. The molecule has 0 spiro atoms. The average molecular weight is 428 g/mol. The Morgan fingerprint density at radius 1 is 1.20 bits per heavy atom. The molecule has 0 atom stereocenters. The van der Waals surface area contributed by atoms with Gasteiger partial charge in [0, 0.05) is 12.6 Å². The summed E-state index contributed by atoms with van der Waals surface area (Å²) in [5.74, 6) is -1.08. The second-order valence-corrected chi connectivity index (χ2v) is 7.76. The Balaban J connectivity index is 0.000000806. The highest BCUT2D eigenvalue weighted by Gasteiger charge is 2.51. The van der Waals surface area contributed by atoms with Crippen LogP contribution in [0.5, 0.6) is 0 Å². The van der Waals surface area contributed by atoms with Gasteiger partial charge in [0.25, 0.3) is 6.47 Å². The lowest BCUT2D eigenvalue weighted by Crippen LogP contribution is -2.19. The highest BCUT2D eigenvalue weighted by atomic mass is 32.1. The molecule has 1 fully saturated rings. The molecule has 1 saturated carbocycles. The molecular weight excluding hydrogens is 407 g/mol. The van der Waals surface area contributed by atoms with Gasteiger partial charge >= 0.3 is 5.97 Å². The summed E-state index contributed by atoms with van der Waals surface area (Å²) in [7, 11) is 1.80. The monoisotopic (exact) mass is 428 g/mol. The number of benzene rings is 2. The van der Waals surface area contributed by atoms with E-state index in [1.54, 1.807) is 13.1 Å². The predicted octanol–water partition coefficient (Wildman–Crippen LogP) is 4.78. The summed E-state index contributed by atoms with van der Waals surface area (Å²) in [5.41, 5.74) is 3.93. The first-order valence-electron chi connectivity index (χ1n) is 9.24. The van der Waals surface area contributed by atoms with E-state index in [4.69, 9.17) is 9.90 Å². The summed E-state index contributed by atoms with van der Waals surface area (Å²) in [4.78, 5) is 20.6. The Kier molecular flexibility index (Phi) is 6.17. The molecule has 2 aromatic carbocycles. The molecule has 0 saturated heterocycles. The molecule has 156 valence electrons. The van der Waals surface area contributed by atoms with Crippen molar-refractivity contribution in [3.05, 3.63) is 59.5 Å². The number of nitrogens with one attached hydrogen (secondary N) is 1.